The number of nitrogens with zero attached hydrogens (tertiary/aromatic N) is 1. The highest BCUT2D eigenvalue weighted by atomic mass is 32.1. The van der Waals surface area contributed by atoms with Gasteiger partial charge < -0.3 is 9.84 Å². The lowest BCUT2D eigenvalue weighted by Gasteiger charge is -2.22. The fraction of sp³-hybridized carbons (Fsp3) is 0.174. The number of fused-ring (bicyclic) bond motifs is 4. The normalized spacial score (nSPS) is 14.2. The molecule has 3 aromatic carbocycles. The average Bonchev–Trinajstić information content (AvgIpc) is 3.18. The Morgan fingerprint density at radius 3 is 2.48 bits per heavy atom. The summed E-state index contributed by atoms with van der Waals surface area (Å²) in [4.78, 5) is 4.73. The van der Waals surface area contributed by atoms with Crippen LogP contribution in [0.1, 0.15) is 25.0 Å². The van der Waals surface area contributed by atoms with E-state index in [2.05, 4.69) is 38.1 Å². The van der Waals surface area contributed by atoms with Gasteiger partial charge >= 0.3 is 0 Å². The third kappa shape index (κ3) is 2.30. The monoisotopic (exact) mass is 373 g/mol. The van der Waals surface area contributed by atoms with Gasteiger partial charge in [0.2, 0.25) is 0 Å². The molecular weight excluding hydrogens is 354 g/mol. The van der Waals surface area contributed by atoms with Crippen LogP contribution in [0.2, 0.25) is 0 Å². The maximum Gasteiger partial charge on any atom is 0.128 e. The van der Waals surface area contributed by atoms with E-state index in [0.29, 0.717) is 0 Å². The van der Waals surface area contributed by atoms with Gasteiger partial charge in [-0.05, 0) is 58.7 Å². The zero-order valence-corrected chi connectivity index (χ0v) is 16.2. The molecule has 134 valence electrons. The first-order chi connectivity index (χ1) is 13.0. The molecule has 1 N–H and O–H groups in total. The minimum atomic E-state index is -0.168. The Balaban J connectivity index is 1.72. The second kappa shape index (κ2) is 5.57. The Morgan fingerprint density at radius 1 is 0.926 bits per heavy atom. The predicted molar refractivity (Wildman–Crippen MR) is 111 cm³/mol. The molecule has 4 heteroatoms. The summed E-state index contributed by atoms with van der Waals surface area (Å²) in [5.74, 6) is 1.12. The number of ether oxygens (including phenoxy) is 1. The average molecular weight is 373 g/mol. The highest BCUT2D eigenvalue weighted by molar-refractivity contribution is 7.21. The van der Waals surface area contributed by atoms with Gasteiger partial charge in [-0.1, -0.05) is 32.0 Å². The predicted octanol–water partition coefficient (Wildman–Crippen LogP) is 5.98. The topological polar surface area (TPSA) is 42.4 Å². The molecule has 0 unspecified atom stereocenters. The van der Waals surface area contributed by atoms with E-state index >= 15 is 0 Å². The summed E-state index contributed by atoms with van der Waals surface area (Å²) in [5.41, 5.74) is 6.25. The molecule has 0 bridgehead atoms. The van der Waals surface area contributed by atoms with Gasteiger partial charge in [-0.15, -0.1) is 11.3 Å². The van der Waals surface area contributed by atoms with Crippen molar-refractivity contribution < 1.29 is 9.84 Å². The first-order valence-electron chi connectivity index (χ1n) is 8.91. The van der Waals surface area contributed by atoms with Crippen molar-refractivity contribution in [3.63, 3.8) is 0 Å². The summed E-state index contributed by atoms with van der Waals surface area (Å²) < 4.78 is 6.55. The molecular formula is C23H19NO2S. The summed E-state index contributed by atoms with van der Waals surface area (Å²) >= 11 is 1.61. The standard InChI is InChI=1S/C23H19NO2S/c1-23(2)17-10-13(26-3)8-9-14(17)15-12-20(25)16(11-18(15)23)22-24-19-6-4-5-7-21(19)27-22/h4-12,25H,1-3H3. The fourth-order valence-corrected chi connectivity index (χ4v) is 5.02. The van der Waals surface area contributed by atoms with Gasteiger partial charge in [0.05, 0.1) is 22.9 Å². The summed E-state index contributed by atoms with van der Waals surface area (Å²) in [6, 6.07) is 18.2. The molecule has 5 rings (SSSR count). The maximum atomic E-state index is 10.8. The number of benzene rings is 3. The molecule has 0 fully saturated rings. The van der Waals surface area contributed by atoms with Crippen LogP contribution in [0, 0.1) is 0 Å². The number of hydrogen-bond donors (Lipinski definition) is 1. The molecule has 0 atom stereocenters. The maximum absolute atomic E-state index is 10.8. The SMILES string of the molecule is COc1ccc2c(c1)C(C)(C)c1cc(-c3nc4ccccc4s3)c(O)cc1-2. The Labute approximate surface area is 161 Å². The van der Waals surface area contributed by atoms with Gasteiger partial charge in [0.1, 0.15) is 16.5 Å². The van der Waals surface area contributed by atoms with Gasteiger partial charge in [0.25, 0.3) is 0 Å². The minimum absolute atomic E-state index is 0.168. The van der Waals surface area contributed by atoms with Crippen molar-refractivity contribution in [1.82, 2.24) is 4.98 Å². The van der Waals surface area contributed by atoms with Crippen LogP contribution in [-0.2, 0) is 5.41 Å². The van der Waals surface area contributed by atoms with E-state index in [1.807, 2.05) is 30.3 Å². The van der Waals surface area contributed by atoms with Gasteiger partial charge in [-0.25, -0.2) is 4.98 Å². The van der Waals surface area contributed by atoms with Crippen LogP contribution in [0.4, 0.5) is 0 Å². The third-order valence-electron chi connectivity index (χ3n) is 5.52. The van der Waals surface area contributed by atoms with E-state index in [9.17, 15) is 5.11 Å². The van der Waals surface area contributed by atoms with Crippen molar-refractivity contribution in [2.24, 2.45) is 0 Å². The number of methoxy groups -OCH3 is 1. The minimum Gasteiger partial charge on any atom is -0.507 e. The molecule has 0 amide bonds. The van der Waals surface area contributed by atoms with Gasteiger partial charge in [-0.3, -0.25) is 0 Å². The molecule has 0 radical (unpaired) electrons. The molecule has 0 saturated carbocycles. The van der Waals surface area contributed by atoms with E-state index in [1.54, 1.807) is 18.4 Å². The quantitative estimate of drug-likeness (QED) is 0.470. The Kier molecular flexibility index (Phi) is 3.37. The molecule has 1 heterocycles. The van der Waals surface area contributed by atoms with Crippen LogP contribution in [0.25, 0.3) is 31.9 Å². The second-order valence-electron chi connectivity index (χ2n) is 7.44. The first-order valence-corrected chi connectivity index (χ1v) is 9.73. The number of thiazole rings is 1. The Bertz CT molecular complexity index is 1170. The van der Waals surface area contributed by atoms with Crippen LogP contribution in [0.5, 0.6) is 11.5 Å². The summed E-state index contributed by atoms with van der Waals surface area (Å²) in [5, 5.41) is 11.6. The molecule has 27 heavy (non-hydrogen) atoms. The van der Waals surface area contributed by atoms with Crippen LogP contribution >= 0.6 is 11.3 Å². The van der Waals surface area contributed by atoms with E-state index in [0.717, 1.165) is 37.7 Å². The third-order valence-corrected chi connectivity index (χ3v) is 6.59. The van der Waals surface area contributed by atoms with Crippen molar-refractivity contribution >= 4 is 21.6 Å². The molecule has 0 spiro atoms. The zero-order valence-electron chi connectivity index (χ0n) is 15.4. The first kappa shape index (κ1) is 16.3. The van der Waals surface area contributed by atoms with Gasteiger partial charge in [0, 0.05) is 5.41 Å². The molecule has 1 aliphatic carbocycles. The van der Waals surface area contributed by atoms with Crippen LogP contribution < -0.4 is 4.74 Å². The van der Waals surface area contributed by atoms with Crippen molar-refractivity contribution in [3.8, 4) is 33.2 Å². The Morgan fingerprint density at radius 2 is 1.70 bits per heavy atom. The molecule has 1 aliphatic rings. The number of rotatable bonds is 2. The highest BCUT2D eigenvalue weighted by Gasteiger charge is 2.37. The van der Waals surface area contributed by atoms with Crippen molar-refractivity contribution in [1.29, 1.82) is 0 Å². The number of aromatic hydroxyl groups is 1. The summed E-state index contributed by atoms with van der Waals surface area (Å²) in [7, 11) is 1.69. The number of phenols is 1. The lowest BCUT2D eigenvalue weighted by atomic mass is 9.82. The zero-order chi connectivity index (χ0) is 18.8. The van der Waals surface area contributed by atoms with Gasteiger partial charge in [0.15, 0.2) is 0 Å². The van der Waals surface area contributed by atoms with Crippen molar-refractivity contribution in [2.45, 2.75) is 19.3 Å². The summed E-state index contributed by atoms with van der Waals surface area (Å²) in [6.45, 7) is 4.44. The summed E-state index contributed by atoms with van der Waals surface area (Å²) in [6.07, 6.45) is 0. The lowest BCUT2D eigenvalue weighted by molar-refractivity contribution is 0.413. The van der Waals surface area contributed by atoms with Crippen molar-refractivity contribution in [3.05, 3.63) is 65.7 Å². The number of hydrogen-bond acceptors (Lipinski definition) is 4. The smallest absolute Gasteiger partial charge is 0.128 e. The van der Waals surface area contributed by atoms with E-state index in [1.165, 1.54) is 11.1 Å². The van der Waals surface area contributed by atoms with Crippen molar-refractivity contribution in [2.75, 3.05) is 7.11 Å². The highest BCUT2D eigenvalue weighted by Crippen LogP contribution is 2.52. The molecule has 0 saturated heterocycles. The largest absolute Gasteiger partial charge is 0.507 e. The number of phenolic OH excluding ortho intramolecular Hbond substituents is 1. The fourth-order valence-electron chi connectivity index (χ4n) is 4.03. The van der Waals surface area contributed by atoms with Crippen LogP contribution in [0.3, 0.4) is 0 Å². The number of aromatic nitrogens is 1. The van der Waals surface area contributed by atoms with Crippen LogP contribution in [-0.4, -0.2) is 17.2 Å². The molecule has 0 aliphatic heterocycles. The molecule has 3 nitrogen and oxygen atoms in total. The number of para-hydroxylation sites is 1. The molecule has 4 aromatic rings. The van der Waals surface area contributed by atoms with E-state index in [-0.39, 0.29) is 11.2 Å². The Hall–Kier alpha value is -2.85. The van der Waals surface area contributed by atoms with Crippen LogP contribution in [0.15, 0.2) is 54.6 Å². The molecule has 1 aromatic heterocycles. The van der Waals surface area contributed by atoms with E-state index < -0.39 is 0 Å². The van der Waals surface area contributed by atoms with Gasteiger partial charge in [-0.2, -0.15) is 0 Å². The second-order valence-corrected chi connectivity index (χ2v) is 8.47. The lowest BCUT2D eigenvalue weighted by Crippen LogP contribution is -2.15. The van der Waals surface area contributed by atoms with E-state index in [4.69, 9.17) is 9.72 Å².